The molecule has 0 aromatic heterocycles. The van der Waals surface area contributed by atoms with Crippen molar-refractivity contribution in [3.8, 4) is 0 Å². The van der Waals surface area contributed by atoms with E-state index in [4.69, 9.17) is 0 Å². The van der Waals surface area contributed by atoms with Gasteiger partial charge in [0.1, 0.15) is 0 Å². The Morgan fingerprint density at radius 2 is 1.90 bits per heavy atom. The van der Waals surface area contributed by atoms with E-state index in [2.05, 4.69) is 34.6 Å². The van der Waals surface area contributed by atoms with Crippen molar-refractivity contribution in [3.63, 3.8) is 0 Å². The summed E-state index contributed by atoms with van der Waals surface area (Å²) in [6.07, 6.45) is 10.8. The van der Waals surface area contributed by atoms with E-state index in [1.165, 1.54) is 51.4 Å². The predicted octanol–water partition coefficient (Wildman–Crippen LogP) is 5.66. The Kier molecular flexibility index (Phi) is 5.45. The van der Waals surface area contributed by atoms with Gasteiger partial charge in [0.05, 0.1) is 0 Å². The molecule has 0 bridgehead atoms. The average Bonchev–Trinajstić information content (AvgIpc) is 2.45. The molecule has 1 heteroatoms. The molecule has 21 heavy (non-hydrogen) atoms. The minimum absolute atomic E-state index is 0.182. The fraction of sp³-hybridized carbons (Fsp3) is 1.00. The highest BCUT2D eigenvalue weighted by Gasteiger charge is 2.54. The summed E-state index contributed by atoms with van der Waals surface area (Å²) in [6.45, 7) is 12.5. The zero-order valence-electron chi connectivity index (χ0n) is 15.1. The van der Waals surface area contributed by atoms with Gasteiger partial charge in [-0.25, -0.2) is 0 Å². The maximum Gasteiger partial charge on any atom is 0.0487 e. The van der Waals surface area contributed by atoms with Gasteiger partial charge in [-0.3, -0.25) is 0 Å². The minimum atomic E-state index is 0.182. The molecule has 0 aliphatic heterocycles. The Balaban J connectivity index is 2.18. The van der Waals surface area contributed by atoms with Crippen molar-refractivity contribution in [2.45, 2.75) is 86.0 Å². The van der Waals surface area contributed by atoms with Crippen LogP contribution in [0, 0.1) is 34.5 Å². The van der Waals surface area contributed by atoms with E-state index >= 15 is 0 Å². The topological polar surface area (TPSA) is 20.2 Å². The summed E-state index contributed by atoms with van der Waals surface area (Å²) in [6, 6.07) is 0. The Labute approximate surface area is 132 Å². The molecule has 6 atom stereocenters. The monoisotopic (exact) mass is 294 g/mol. The van der Waals surface area contributed by atoms with Crippen molar-refractivity contribution in [1.82, 2.24) is 0 Å². The van der Waals surface area contributed by atoms with Crippen molar-refractivity contribution in [2.75, 3.05) is 6.61 Å². The quantitative estimate of drug-likeness (QED) is 0.693. The molecule has 0 heterocycles. The van der Waals surface area contributed by atoms with Gasteiger partial charge in [-0.2, -0.15) is 0 Å². The normalized spacial score (nSPS) is 45.1. The maximum absolute atomic E-state index is 10.0. The Bertz CT molecular complexity index is 339. The van der Waals surface area contributed by atoms with E-state index in [9.17, 15) is 5.11 Å². The van der Waals surface area contributed by atoms with Crippen molar-refractivity contribution < 1.29 is 5.11 Å². The van der Waals surface area contributed by atoms with Gasteiger partial charge in [-0.05, 0) is 60.2 Å². The fourth-order valence-corrected chi connectivity index (χ4v) is 5.89. The number of aliphatic hydroxyl groups is 1. The number of rotatable bonds is 5. The van der Waals surface area contributed by atoms with Crippen LogP contribution in [-0.4, -0.2) is 11.7 Å². The van der Waals surface area contributed by atoms with Crippen LogP contribution >= 0.6 is 0 Å². The summed E-state index contributed by atoms with van der Waals surface area (Å²) in [7, 11) is 0. The molecular weight excluding hydrogens is 256 g/mol. The predicted molar refractivity (Wildman–Crippen MR) is 91.2 cm³/mol. The zero-order valence-corrected chi connectivity index (χ0v) is 15.1. The maximum atomic E-state index is 10.0. The van der Waals surface area contributed by atoms with Crippen LogP contribution in [0.15, 0.2) is 0 Å². The van der Waals surface area contributed by atoms with Crippen LogP contribution in [0.3, 0.4) is 0 Å². The molecule has 0 amide bonds. The molecule has 2 saturated carbocycles. The second kappa shape index (κ2) is 6.60. The Morgan fingerprint density at radius 1 is 1.19 bits per heavy atom. The van der Waals surface area contributed by atoms with Gasteiger partial charge in [0, 0.05) is 6.61 Å². The highest BCUT2D eigenvalue weighted by atomic mass is 16.3. The van der Waals surface area contributed by atoms with E-state index in [1.54, 1.807) is 0 Å². The van der Waals surface area contributed by atoms with Crippen LogP contribution in [0.1, 0.15) is 86.0 Å². The molecule has 2 fully saturated rings. The molecule has 2 aliphatic carbocycles. The SMILES string of the molecule is CC[C@@H](C)CC[C@H]1[C@@H](C)CC[C@H]2[C@@](C)(CO)CCC[C@]12C. The first-order valence-corrected chi connectivity index (χ1v) is 9.48. The highest BCUT2D eigenvalue weighted by Crippen LogP contribution is 2.62. The molecule has 0 saturated heterocycles. The van der Waals surface area contributed by atoms with E-state index in [1.807, 2.05) is 0 Å². The van der Waals surface area contributed by atoms with Gasteiger partial charge in [0.25, 0.3) is 0 Å². The van der Waals surface area contributed by atoms with Crippen LogP contribution in [0.5, 0.6) is 0 Å². The number of aliphatic hydroxyl groups excluding tert-OH is 1. The summed E-state index contributed by atoms with van der Waals surface area (Å²) >= 11 is 0. The second-order valence-corrected chi connectivity index (χ2v) is 8.98. The van der Waals surface area contributed by atoms with Gasteiger partial charge in [0.2, 0.25) is 0 Å². The summed E-state index contributed by atoms with van der Waals surface area (Å²) in [5.74, 6) is 3.35. The molecule has 2 aliphatic rings. The first-order valence-electron chi connectivity index (χ1n) is 9.48. The van der Waals surface area contributed by atoms with E-state index in [0.29, 0.717) is 12.0 Å². The molecule has 1 N–H and O–H groups in total. The third kappa shape index (κ3) is 3.19. The fourth-order valence-electron chi connectivity index (χ4n) is 5.89. The zero-order chi connectivity index (χ0) is 15.7. The van der Waals surface area contributed by atoms with Crippen LogP contribution in [0.4, 0.5) is 0 Å². The molecule has 2 rings (SSSR count). The minimum Gasteiger partial charge on any atom is -0.396 e. The van der Waals surface area contributed by atoms with Crippen LogP contribution < -0.4 is 0 Å². The second-order valence-electron chi connectivity index (χ2n) is 8.98. The summed E-state index contributed by atoms with van der Waals surface area (Å²) in [5.41, 5.74) is 0.655. The first kappa shape index (κ1) is 17.3. The largest absolute Gasteiger partial charge is 0.396 e. The van der Waals surface area contributed by atoms with Gasteiger partial charge >= 0.3 is 0 Å². The molecule has 0 aromatic rings. The van der Waals surface area contributed by atoms with Crippen molar-refractivity contribution in [3.05, 3.63) is 0 Å². The summed E-state index contributed by atoms with van der Waals surface area (Å²) in [4.78, 5) is 0. The smallest absolute Gasteiger partial charge is 0.0487 e. The van der Waals surface area contributed by atoms with Crippen molar-refractivity contribution in [1.29, 1.82) is 0 Å². The molecule has 0 unspecified atom stereocenters. The third-order valence-corrected chi connectivity index (χ3v) is 7.57. The number of hydrogen-bond donors (Lipinski definition) is 1. The lowest BCUT2D eigenvalue weighted by molar-refractivity contribution is -0.120. The van der Waals surface area contributed by atoms with Crippen LogP contribution in [0.2, 0.25) is 0 Å². The molecule has 124 valence electrons. The van der Waals surface area contributed by atoms with Gasteiger partial charge < -0.3 is 5.11 Å². The molecular formula is C20H38O. The lowest BCUT2D eigenvalue weighted by atomic mass is 9.45. The molecule has 1 nitrogen and oxygen atoms in total. The van der Waals surface area contributed by atoms with Gasteiger partial charge in [-0.1, -0.05) is 60.3 Å². The first-order chi connectivity index (χ1) is 9.87. The standard InChI is InChI=1S/C20H38O/c1-6-15(2)8-10-17-16(3)9-11-18-19(4,14-21)12-7-13-20(17,18)5/h15-18,21H,6-14H2,1-5H3/t15-,16+,17+,18+,19-,20-/m1/s1. The lowest BCUT2D eigenvalue weighted by Gasteiger charge is -2.59. The summed E-state index contributed by atoms with van der Waals surface area (Å²) in [5, 5.41) is 10.0. The summed E-state index contributed by atoms with van der Waals surface area (Å²) < 4.78 is 0. The molecule has 0 spiro atoms. The third-order valence-electron chi connectivity index (χ3n) is 7.57. The molecule has 0 radical (unpaired) electrons. The number of fused-ring (bicyclic) bond motifs is 1. The van der Waals surface area contributed by atoms with Crippen LogP contribution in [0.25, 0.3) is 0 Å². The van der Waals surface area contributed by atoms with E-state index in [0.717, 1.165) is 23.7 Å². The van der Waals surface area contributed by atoms with Crippen LogP contribution in [-0.2, 0) is 0 Å². The Hall–Kier alpha value is -0.0400. The van der Waals surface area contributed by atoms with Gasteiger partial charge in [0.15, 0.2) is 0 Å². The van der Waals surface area contributed by atoms with Gasteiger partial charge in [-0.15, -0.1) is 0 Å². The number of hydrogen-bond acceptors (Lipinski definition) is 1. The van der Waals surface area contributed by atoms with E-state index < -0.39 is 0 Å². The highest BCUT2D eigenvalue weighted by molar-refractivity contribution is 5.03. The lowest BCUT2D eigenvalue weighted by Crippen LogP contribution is -2.53. The van der Waals surface area contributed by atoms with Crippen molar-refractivity contribution >= 4 is 0 Å². The molecule has 0 aromatic carbocycles. The van der Waals surface area contributed by atoms with E-state index in [-0.39, 0.29) is 5.41 Å². The van der Waals surface area contributed by atoms with Crippen molar-refractivity contribution in [2.24, 2.45) is 34.5 Å². The Morgan fingerprint density at radius 3 is 2.52 bits per heavy atom. The average molecular weight is 295 g/mol.